The van der Waals surface area contributed by atoms with E-state index in [0.29, 0.717) is 45.4 Å². The normalized spacial score (nSPS) is 13.8. The van der Waals surface area contributed by atoms with Gasteiger partial charge in [0, 0.05) is 42.9 Å². The summed E-state index contributed by atoms with van der Waals surface area (Å²) in [6.45, 7) is 4.59. The predicted molar refractivity (Wildman–Crippen MR) is 153 cm³/mol. The molecule has 1 aromatic heterocycles. The summed E-state index contributed by atoms with van der Waals surface area (Å²) in [6, 6.07) is 19.6. The number of ketones is 1. The smallest absolute Gasteiger partial charge is 0.260 e. The summed E-state index contributed by atoms with van der Waals surface area (Å²) >= 11 is 1.40. The number of fused-ring (bicyclic) bond motifs is 1. The quantitative estimate of drug-likeness (QED) is 0.262. The standard InChI is InChI=1S/C30H31N3O5S/c1-36-24-13-14-25(37-2)28-26(24)31-30(39-28)33(16-6-15-32-17-19-38-20-18-32)29(35)23-11-9-22(10-12-23)27(34)21-7-4-3-5-8-21/h3-5,7-14H,6,15-20H2,1-2H3. The topological polar surface area (TPSA) is 81.2 Å². The number of morpholine rings is 1. The summed E-state index contributed by atoms with van der Waals surface area (Å²) in [4.78, 5) is 35.6. The number of carbonyl (C=O) groups is 2. The highest BCUT2D eigenvalue weighted by Crippen LogP contribution is 2.40. The molecule has 3 aromatic carbocycles. The first-order valence-corrected chi connectivity index (χ1v) is 13.7. The van der Waals surface area contributed by atoms with Crippen molar-refractivity contribution in [2.45, 2.75) is 6.42 Å². The van der Waals surface area contributed by atoms with Crippen molar-refractivity contribution in [2.75, 3.05) is 58.5 Å². The third kappa shape index (κ3) is 5.95. The van der Waals surface area contributed by atoms with Crippen LogP contribution in [-0.4, -0.2) is 75.2 Å². The van der Waals surface area contributed by atoms with E-state index in [9.17, 15) is 9.59 Å². The maximum Gasteiger partial charge on any atom is 0.260 e. The predicted octanol–water partition coefficient (Wildman–Crippen LogP) is 4.91. The molecule has 1 amide bonds. The molecule has 2 heterocycles. The Kier molecular flexibility index (Phi) is 8.51. The number of benzene rings is 3. The number of thiazole rings is 1. The summed E-state index contributed by atoms with van der Waals surface area (Å²) in [5.74, 6) is 1.05. The second-order valence-electron chi connectivity index (χ2n) is 9.18. The Hall–Kier alpha value is -3.79. The second kappa shape index (κ2) is 12.4. The molecule has 0 radical (unpaired) electrons. The number of methoxy groups -OCH3 is 2. The van der Waals surface area contributed by atoms with Crippen molar-refractivity contribution in [3.05, 3.63) is 83.4 Å². The lowest BCUT2D eigenvalue weighted by atomic mass is 10.0. The minimum absolute atomic E-state index is 0.0812. The average molecular weight is 546 g/mol. The number of hydrogen-bond donors (Lipinski definition) is 0. The van der Waals surface area contributed by atoms with Crippen molar-refractivity contribution >= 4 is 38.4 Å². The number of hydrogen-bond acceptors (Lipinski definition) is 8. The Bertz CT molecular complexity index is 1390. The minimum atomic E-state index is -0.173. The van der Waals surface area contributed by atoms with Gasteiger partial charge in [-0.2, -0.15) is 0 Å². The molecule has 0 unspecified atom stereocenters. The molecule has 1 aliphatic heterocycles. The lowest BCUT2D eigenvalue weighted by molar-refractivity contribution is 0.0376. The lowest BCUT2D eigenvalue weighted by Crippen LogP contribution is -2.39. The van der Waals surface area contributed by atoms with Crippen molar-refractivity contribution in [3.8, 4) is 11.5 Å². The van der Waals surface area contributed by atoms with E-state index in [0.717, 1.165) is 44.0 Å². The first-order chi connectivity index (χ1) is 19.1. The number of aromatic nitrogens is 1. The molecule has 8 nitrogen and oxygen atoms in total. The molecule has 1 saturated heterocycles. The highest BCUT2D eigenvalue weighted by molar-refractivity contribution is 7.22. The zero-order valence-electron chi connectivity index (χ0n) is 22.1. The van der Waals surface area contributed by atoms with Gasteiger partial charge in [-0.25, -0.2) is 4.98 Å². The van der Waals surface area contributed by atoms with Crippen LogP contribution in [-0.2, 0) is 4.74 Å². The molecule has 39 heavy (non-hydrogen) atoms. The summed E-state index contributed by atoms with van der Waals surface area (Å²) in [5.41, 5.74) is 2.29. The van der Waals surface area contributed by atoms with Crippen molar-refractivity contribution in [1.82, 2.24) is 9.88 Å². The zero-order chi connectivity index (χ0) is 27.2. The Balaban J connectivity index is 1.43. The van der Waals surface area contributed by atoms with Gasteiger partial charge in [0.1, 0.15) is 21.7 Å². The van der Waals surface area contributed by atoms with Crippen LogP contribution in [0.2, 0.25) is 0 Å². The van der Waals surface area contributed by atoms with E-state index in [1.165, 1.54) is 11.3 Å². The summed E-state index contributed by atoms with van der Waals surface area (Å²) < 4.78 is 17.4. The molecule has 202 valence electrons. The van der Waals surface area contributed by atoms with Gasteiger partial charge in [0.25, 0.3) is 5.91 Å². The van der Waals surface area contributed by atoms with Crippen LogP contribution < -0.4 is 14.4 Å². The van der Waals surface area contributed by atoms with E-state index >= 15 is 0 Å². The average Bonchev–Trinajstić information content (AvgIpc) is 3.44. The molecular formula is C30H31N3O5S. The SMILES string of the molecule is COc1ccc(OC)c2sc(N(CCCN3CCOCC3)C(=O)c3ccc(C(=O)c4ccccc4)cc3)nc12. The van der Waals surface area contributed by atoms with E-state index in [1.807, 2.05) is 30.3 Å². The van der Waals surface area contributed by atoms with Crippen LogP contribution in [0.4, 0.5) is 5.13 Å². The Morgan fingerprint density at radius 2 is 1.54 bits per heavy atom. The third-order valence-electron chi connectivity index (χ3n) is 6.76. The van der Waals surface area contributed by atoms with Gasteiger partial charge in [0.2, 0.25) is 0 Å². The van der Waals surface area contributed by atoms with Crippen LogP contribution in [0.5, 0.6) is 11.5 Å². The third-order valence-corrected chi connectivity index (χ3v) is 7.86. The molecule has 0 bridgehead atoms. The zero-order valence-corrected chi connectivity index (χ0v) is 22.9. The van der Waals surface area contributed by atoms with Crippen molar-refractivity contribution in [2.24, 2.45) is 0 Å². The second-order valence-corrected chi connectivity index (χ2v) is 10.2. The maximum absolute atomic E-state index is 13.9. The molecule has 5 rings (SSSR count). The molecule has 1 aliphatic rings. The largest absolute Gasteiger partial charge is 0.495 e. The summed E-state index contributed by atoms with van der Waals surface area (Å²) in [5, 5.41) is 0.573. The number of carbonyl (C=O) groups excluding carboxylic acids is 2. The monoisotopic (exact) mass is 545 g/mol. The fourth-order valence-corrected chi connectivity index (χ4v) is 5.73. The highest BCUT2D eigenvalue weighted by Gasteiger charge is 2.24. The van der Waals surface area contributed by atoms with E-state index < -0.39 is 0 Å². The number of amides is 1. The molecule has 1 fully saturated rings. The Labute approximate surface area is 231 Å². The summed E-state index contributed by atoms with van der Waals surface area (Å²) in [7, 11) is 3.22. The molecule has 0 aliphatic carbocycles. The van der Waals surface area contributed by atoms with Crippen molar-refractivity contribution in [1.29, 1.82) is 0 Å². The van der Waals surface area contributed by atoms with E-state index in [4.69, 9.17) is 19.2 Å². The van der Waals surface area contributed by atoms with Gasteiger partial charge in [-0.1, -0.05) is 53.8 Å². The molecule has 9 heteroatoms. The van der Waals surface area contributed by atoms with Gasteiger partial charge in [0.05, 0.1) is 27.4 Å². The highest BCUT2D eigenvalue weighted by atomic mass is 32.1. The van der Waals surface area contributed by atoms with Crippen molar-refractivity contribution < 1.29 is 23.8 Å². The molecule has 0 saturated carbocycles. The molecule has 0 atom stereocenters. The van der Waals surface area contributed by atoms with Gasteiger partial charge in [0.15, 0.2) is 10.9 Å². The minimum Gasteiger partial charge on any atom is -0.495 e. The first-order valence-electron chi connectivity index (χ1n) is 12.9. The van der Waals surface area contributed by atoms with E-state index in [1.54, 1.807) is 55.5 Å². The van der Waals surface area contributed by atoms with Crippen LogP contribution in [0.1, 0.15) is 32.7 Å². The summed E-state index contributed by atoms with van der Waals surface area (Å²) in [6.07, 6.45) is 0.778. The lowest BCUT2D eigenvalue weighted by Gasteiger charge is -2.27. The van der Waals surface area contributed by atoms with Crippen LogP contribution in [0.15, 0.2) is 66.7 Å². The van der Waals surface area contributed by atoms with Crippen LogP contribution in [0.3, 0.4) is 0 Å². The van der Waals surface area contributed by atoms with Crippen LogP contribution >= 0.6 is 11.3 Å². The van der Waals surface area contributed by atoms with E-state index in [2.05, 4.69) is 4.90 Å². The Morgan fingerprint density at radius 1 is 0.897 bits per heavy atom. The van der Waals surface area contributed by atoms with Crippen molar-refractivity contribution in [3.63, 3.8) is 0 Å². The van der Waals surface area contributed by atoms with Gasteiger partial charge in [-0.05, 0) is 30.7 Å². The fourth-order valence-electron chi connectivity index (χ4n) is 4.63. The van der Waals surface area contributed by atoms with Crippen LogP contribution in [0.25, 0.3) is 10.2 Å². The number of ether oxygens (including phenoxy) is 3. The molecule has 0 spiro atoms. The first kappa shape index (κ1) is 26.8. The number of rotatable bonds is 10. The fraction of sp³-hybridized carbons (Fsp3) is 0.300. The van der Waals surface area contributed by atoms with Gasteiger partial charge in [-0.3, -0.25) is 19.4 Å². The van der Waals surface area contributed by atoms with Gasteiger partial charge >= 0.3 is 0 Å². The van der Waals surface area contributed by atoms with Gasteiger partial charge < -0.3 is 14.2 Å². The number of anilines is 1. The maximum atomic E-state index is 13.9. The number of nitrogens with zero attached hydrogens (tertiary/aromatic N) is 3. The molecular weight excluding hydrogens is 514 g/mol. The molecule has 0 N–H and O–H groups in total. The van der Waals surface area contributed by atoms with E-state index in [-0.39, 0.29) is 11.7 Å². The van der Waals surface area contributed by atoms with Crippen LogP contribution in [0, 0.1) is 0 Å². The Morgan fingerprint density at radius 3 is 2.23 bits per heavy atom. The molecule has 4 aromatic rings. The van der Waals surface area contributed by atoms with Gasteiger partial charge in [-0.15, -0.1) is 0 Å².